The standard InChI is InChI=1S/C21H15BrN4/c22-19-13-11-16(12-14-19)15-23-26-20(17-7-3-1-4-8-17)24-25-21(26)18-9-5-2-6-10-18/h1-15H/b23-15+. The van der Waals surface area contributed by atoms with E-state index in [2.05, 4.69) is 31.2 Å². The molecule has 4 nitrogen and oxygen atoms in total. The molecule has 0 aliphatic carbocycles. The molecule has 0 atom stereocenters. The van der Waals surface area contributed by atoms with Gasteiger partial charge in [0.15, 0.2) is 11.6 Å². The van der Waals surface area contributed by atoms with Gasteiger partial charge in [-0.1, -0.05) is 88.7 Å². The summed E-state index contributed by atoms with van der Waals surface area (Å²) in [4.78, 5) is 0. The topological polar surface area (TPSA) is 43.1 Å². The maximum Gasteiger partial charge on any atom is 0.185 e. The Hall–Kier alpha value is -3.05. The van der Waals surface area contributed by atoms with E-state index < -0.39 is 0 Å². The van der Waals surface area contributed by atoms with Gasteiger partial charge in [0, 0.05) is 15.6 Å². The summed E-state index contributed by atoms with van der Waals surface area (Å²) in [5, 5.41) is 13.4. The van der Waals surface area contributed by atoms with Crippen molar-refractivity contribution in [2.45, 2.75) is 0 Å². The van der Waals surface area contributed by atoms with Crippen LogP contribution in [0.3, 0.4) is 0 Å². The van der Waals surface area contributed by atoms with Crippen molar-refractivity contribution in [1.29, 1.82) is 0 Å². The summed E-state index contributed by atoms with van der Waals surface area (Å²) in [7, 11) is 0. The first-order chi connectivity index (χ1) is 12.8. The van der Waals surface area contributed by atoms with E-state index in [1.807, 2.05) is 91.1 Å². The Morgan fingerprint density at radius 2 is 1.19 bits per heavy atom. The van der Waals surface area contributed by atoms with Gasteiger partial charge in [0.2, 0.25) is 0 Å². The molecule has 0 spiro atoms. The lowest BCUT2D eigenvalue weighted by Crippen LogP contribution is -1.97. The molecular formula is C21H15BrN4. The van der Waals surface area contributed by atoms with Gasteiger partial charge in [-0.2, -0.15) is 9.78 Å². The zero-order valence-electron chi connectivity index (χ0n) is 13.8. The summed E-state index contributed by atoms with van der Waals surface area (Å²) in [6, 6.07) is 27.9. The van der Waals surface area contributed by atoms with Crippen molar-refractivity contribution in [3.63, 3.8) is 0 Å². The molecule has 0 radical (unpaired) electrons. The van der Waals surface area contributed by atoms with Crippen molar-refractivity contribution in [3.05, 3.63) is 95.0 Å². The van der Waals surface area contributed by atoms with E-state index in [0.717, 1.165) is 21.2 Å². The van der Waals surface area contributed by atoms with E-state index >= 15 is 0 Å². The van der Waals surface area contributed by atoms with Crippen LogP contribution in [0.5, 0.6) is 0 Å². The fourth-order valence-corrected chi connectivity index (χ4v) is 2.86. The van der Waals surface area contributed by atoms with Crippen LogP contribution < -0.4 is 0 Å². The summed E-state index contributed by atoms with van der Waals surface area (Å²) in [6.07, 6.45) is 1.81. The Labute approximate surface area is 160 Å². The van der Waals surface area contributed by atoms with E-state index in [-0.39, 0.29) is 0 Å². The Bertz CT molecular complexity index is 966. The molecule has 4 rings (SSSR count). The number of benzene rings is 3. The highest BCUT2D eigenvalue weighted by atomic mass is 79.9. The van der Waals surface area contributed by atoms with Crippen molar-refractivity contribution in [3.8, 4) is 22.8 Å². The molecule has 0 saturated heterocycles. The van der Waals surface area contributed by atoms with Crippen molar-refractivity contribution < 1.29 is 0 Å². The predicted octanol–water partition coefficient (Wildman–Crippen LogP) is 5.26. The van der Waals surface area contributed by atoms with Gasteiger partial charge in [0.1, 0.15) is 0 Å². The van der Waals surface area contributed by atoms with Crippen LogP contribution in [0, 0.1) is 0 Å². The van der Waals surface area contributed by atoms with Crippen molar-refractivity contribution in [1.82, 2.24) is 14.9 Å². The number of nitrogens with zero attached hydrogens (tertiary/aromatic N) is 4. The minimum absolute atomic E-state index is 0.706. The number of hydrogen-bond acceptors (Lipinski definition) is 3. The first-order valence-corrected chi connectivity index (χ1v) is 8.97. The maximum absolute atomic E-state index is 4.67. The first kappa shape index (κ1) is 16.4. The molecule has 0 amide bonds. The number of rotatable bonds is 4. The molecule has 0 aliphatic heterocycles. The zero-order valence-corrected chi connectivity index (χ0v) is 15.4. The molecule has 0 unspecified atom stereocenters. The largest absolute Gasteiger partial charge is 0.192 e. The van der Waals surface area contributed by atoms with E-state index in [4.69, 9.17) is 0 Å². The van der Waals surface area contributed by atoms with E-state index in [9.17, 15) is 0 Å². The van der Waals surface area contributed by atoms with E-state index in [1.165, 1.54) is 0 Å². The molecule has 0 N–H and O–H groups in total. The van der Waals surface area contributed by atoms with Crippen LogP contribution in [0.25, 0.3) is 22.8 Å². The minimum atomic E-state index is 0.706. The van der Waals surface area contributed by atoms with Crippen LogP contribution in [0.2, 0.25) is 0 Å². The van der Waals surface area contributed by atoms with Crippen molar-refractivity contribution in [2.24, 2.45) is 5.10 Å². The normalized spacial score (nSPS) is 11.1. The summed E-state index contributed by atoms with van der Waals surface area (Å²) in [5.74, 6) is 1.41. The van der Waals surface area contributed by atoms with Gasteiger partial charge < -0.3 is 0 Å². The number of hydrogen-bond donors (Lipinski definition) is 0. The average Bonchev–Trinajstić information content (AvgIpc) is 3.13. The van der Waals surface area contributed by atoms with Crippen LogP contribution in [-0.4, -0.2) is 21.1 Å². The third kappa shape index (κ3) is 3.48. The van der Waals surface area contributed by atoms with Gasteiger partial charge in [-0.05, 0) is 17.7 Å². The highest BCUT2D eigenvalue weighted by molar-refractivity contribution is 9.10. The Morgan fingerprint density at radius 3 is 1.69 bits per heavy atom. The molecule has 0 aliphatic rings. The fraction of sp³-hybridized carbons (Fsp3) is 0. The predicted molar refractivity (Wildman–Crippen MR) is 108 cm³/mol. The van der Waals surface area contributed by atoms with Gasteiger partial charge in [0.25, 0.3) is 0 Å². The number of halogens is 1. The van der Waals surface area contributed by atoms with Gasteiger partial charge in [-0.3, -0.25) is 0 Å². The van der Waals surface area contributed by atoms with Crippen LogP contribution in [-0.2, 0) is 0 Å². The number of aromatic nitrogens is 3. The lowest BCUT2D eigenvalue weighted by Gasteiger charge is -2.05. The van der Waals surface area contributed by atoms with E-state index in [1.54, 1.807) is 4.68 Å². The molecule has 4 aromatic rings. The molecule has 1 heterocycles. The molecule has 126 valence electrons. The van der Waals surface area contributed by atoms with Gasteiger partial charge in [-0.15, -0.1) is 10.2 Å². The molecular weight excluding hydrogens is 388 g/mol. The molecule has 0 saturated carbocycles. The van der Waals surface area contributed by atoms with Crippen molar-refractivity contribution in [2.75, 3.05) is 0 Å². The molecule has 0 fully saturated rings. The first-order valence-electron chi connectivity index (χ1n) is 8.17. The third-order valence-corrected chi connectivity index (χ3v) is 4.43. The minimum Gasteiger partial charge on any atom is -0.192 e. The summed E-state index contributed by atoms with van der Waals surface area (Å²) >= 11 is 3.45. The highest BCUT2D eigenvalue weighted by Crippen LogP contribution is 2.24. The summed E-state index contributed by atoms with van der Waals surface area (Å²) in [5.41, 5.74) is 2.94. The second-order valence-electron chi connectivity index (χ2n) is 5.69. The SMILES string of the molecule is Brc1ccc(/C=N/n2c(-c3ccccc3)nnc2-c2ccccc2)cc1. The quantitative estimate of drug-likeness (QED) is 0.437. The lowest BCUT2D eigenvalue weighted by molar-refractivity contribution is 0.898. The summed E-state index contributed by atoms with van der Waals surface area (Å²) < 4.78 is 2.82. The Morgan fingerprint density at radius 1 is 0.692 bits per heavy atom. The van der Waals surface area contributed by atoms with E-state index in [0.29, 0.717) is 11.6 Å². The van der Waals surface area contributed by atoms with Gasteiger partial charge in [0.05, 0.1) is 6.21 Å². The Balaban J connectivity index is 1.81. The van der Waals surface area contributed by atoms with Crippen LogP contribution in [0.1, 0.15) is 5.56 Å². The van der Waals surface area contributed by atoms with Gasteiger partial charge in [-0.25, -0.2) is 0 Å². The average molecular weight is 403 g/mol. The lowest BCUT2D eigenvalue weighted by atomic mass is 10.2. The van der Waals surface area contributed by atoms with Crippen LogP contribution in [0.15, 0.2) is 94.5 Å². The second kappa shape index (κ2) is 7.45. The zero-order chi connectivity index (χ0) is 17.8. The third-order valence-electron chi connectivity index (χ3n) is 3.90. The molecule has 3 aromatic carbocycles. The molecule has 5 heteroatoms. The van der Waals surface area contributed by atoms with Crippen LogP contribution in [0.4, 0.5) is 0 Å². The van der Waals surface area contributed by atoms with Crippen LogP contribution >= 0.6 is 15.9 Å². The monoisotopic (exact) mass is 402 g/mol. The maximum atomic E-state index is 4.67. The highest BCUT2D eigenvalue weighted by Gasteiger charge is 2.14. The summed E-state index contributed by atoms with van der Waals surface area (Å²) in [6.45, 7) is 0. The van der Waals surface area contributed by atoms with Gasteiger partial charge >= 0.3 is 0 Å². The molecule has 1 aromatic heterocycles. The second-order valence-corrected chi connectivity index (χ2v) is 6.60. The smallest absolute Gasteiger partial charge is 0.185 e. The Kier molecular flexibility index (Phi) is 4.71. The van der Waals surface area contributed by atoms with Crippen molar-refractivity contribution >= 4 is 22.1 Å². The molecule has 26 heavy (non-hydrogen) atoms. The fourth-order valence-electron chi connectivity index (χ4n) is 2.60. The molecule has 0 bridgehead atoms.